The van der Waals surface area contributed by atoms with Crippen molar-refractivity contribution in [2.45, 2.75) is 18.8 Å². The maximum Gasteiger partial charge on any atom is 0.387 e. The van der Waals surface area contributed by atoms with Gasteiger partial charge in [0.25, 0.3) is 0 Å². The van der Waals surface area contributed by atoms with Crippen molar-refractivity contribution >= 4 is 12.6 Å². The van der Waals surface area contributed by atoms with Crippen molar-refractivity contribution in [2.24, 2.45) is 0 Å². The standard InChI is InChI=1S/C9H10F2OS/c1-6(13)7-2-4-8(5-3-7)12-9(10)11/h2-6,9,13H,1H3. The van der Waals surface area contributed by atoms with E-state index < -0.39 is 6.61 Å². The van der Waals surface area contributed by atoms with Crippen molar-refractivity contribution in [1.29, 1.82) is 0 Å². The molecule has 0 aliphatic heterocycles. The molecule has 0 radical (unpaired) electrons. The first-order chi connectivity index (χ1) is 6.09. The highest BCUT2D eigenvalue weighted by Gasteiger charge is 2.04. The first kappa shape index (κ1) is 10.3. The summed E-state index contributed by atoms with van der Waals surface area (Å²) in [4.78, 5) is 0. The Labute approximate surface area is 81.1 Å². The predicted octanol–water partition coefficient (Wildman–Crippen LogP) is 3.28. The fourth-order valence-electron chi connectivity index (χ4n) is 0.928. The largest absolute Gasteiger partial charge is 0.435 e. The van der Waals surface area contributed by atoms with Crippen LogP contribution in [0.3, 0.4) is 0 Å². The Bertz CT molecular complexity index is 259. The molecule has 1 aromatic carbocycles. The van der Waals surface area contributed by atoms with E-state index in [4.69, 9.17) is 0 Å². The highest BCUT2D eigenvalue weighted by molar-refractivity contribution is 7.80. The summed E-state index contributed by atoms with van der Waals surface area (Å²) in [6.45, 7) is -0.856. The number of alkyl halides is 2. The maximum absolute atomic E-state index is 11.7. The summed E-state index contributed by atoms with van der Waals surface area (Å²) < 4.78 is 27.7. The third-order valence-electron chi connectivity index (χ3n) is 1.59. The van der Waals surface area contributed by atoms with Crippen molar-refractivity contribution in [3.05, 3.63) is 29.8 Å². The van der Waals surface area contributed by atoms with E-state index in [1.165, 1.54) is 12.1 Å². The second kappa shape index (κ2) is 4.46. The van der Waals surface area contributed by atoms with E-state index in [0.29, 0.717) is 0 Å². The molecule has 0 aliphatic carbocycles. The fraction of sp³-hybridized carbons (Fsp3) is 0.333. The Kier molecular flexibility index (Phi) is 3.54. The smallest absolute Gasteiger partial charge is 0.387 e. The number of halogens is 2. The topological polar surface area (TPSA) is 9.23 Å². The molecule has 1 aromatic rings. The van der Waals surface area contributed by atoms with Gasteiger partial charge in [0.05, 0.1) is 0 Å². The molecule has 0 amide bonds. The molecule has 4 heteroatoms. The quantitative estimate of drug-likeness (QED) is 0.743. The molecule has 72 valence electrons. The van der Waals surface area contributed by atoms with Crippen molar-refractivity contribution in [1.82, 2.24) is 0 Å². The fourth-order valence-corrected chi connectivity index (χ4v) is 1.10. The van der Waals surface area contributed by atoms with Crippen LogP contribution in [0.15, 0.2) is 24.3 Å². The number of benzene rings is 1. The molecule has 0 fully saturated rings. The first-order valence-corrected chi connectivity index (χ1v) is 4.34. The van der Waals surface area contributed by atoms with Gasteiger partial charge in [-0.25, -0.2) is 0 Å². The molecule has 0 N–H and O–H groups in total. The summed E-state index contributed by atoms with van der Waals surface area (Å²) in [6.07, 6.45) is 0. The van der Waals surface area contributed by atoms with Crippen LogP contribution in [-0.4, -0.2) is 6.61 Å². The van der Waals surface area contributed by atoms with E-state index in [1.54, 1.807) is 12.1 Å². The Morgan fingerprint density at radius 1 is 1.23 bits per heavy atom. The molecule has 13 heavy (non-hydrogen) atoms. The van der Waals surface area contributed by atoms with E-state index in [-0.39, 0.29) is 11.0 Å². The maximum atomic E-state index is 11.7. The monoisotopic (exact) mass is 204 g/mol. The van der Waals surface area contributed by atoms with E-state index in [1.807, 2.05) is 6.92 Å². The molecule has 0 heterocycles. The van der Waals surface area contributed by atoms with Crippen LogP contribution in [0.1, 0.15) is 17.7 Å². The predicted molar refractivity (Wildman–Crippen MR) is 50.5 cm³/mol. The average Bonchev–Trinajstić information content (AvgIpc) is 2.04. The van der Waals surface area contributed by atoms with Gasteiger partial charge in [-0.1, -0.05) is 12.1 Å². The molecule has 0 saturated carbocycles. The lowest BCUT2D eigenvalue weighted by Crippen LogP contribution is -2.01. The van der Waals surface area contributed by atoms with Gasteiger partial charge in [0, 0.05) is 5.25 Å². The molecule has 0 spiro atoms. The van der Waals surface area contributed by atoms with Crippen LogP contribution >= 0.6 is 12.6 Å². The Morgan fingerprint density at radius 3 is 2.15 bits per heavy atom. The Morgan fingerprint density at radius 2 is 1.77 bits per heavy atom. The van der Waals surface area contributed by atoms with Gasteiger partial charge in [0.1, 0.15) is 5.75 Å². The summed E-state index contributed by atoms with van der Waals surface area (Å²) in [5.74, 6) is 0.174. The van der Waals surface area contributed by atoms with Crippen molar-refractivity contribution in [3.8, 4) is 5.75 Å². The molecular weight excluding hydrogens is 194 g/mol. The van der Waals surface area contributed by atoms with Gasteiger partial charge in [-0.2, -0.15) is 21.4 Å². The summed E-state index contributed by atoms with van der Waals surface area (Å²) in [5, 5.41) is 0.0978. The van der Waals surface area contributed by atoms with Crippen LogP contribution in [0.2, 0.25) is 0 Å². The second-order valence-corrected chi connectivity index (χ2v) is 3.40. The zero-order chi connectivity index (χ0) is 9.84. The molecule has 0 saturated heterocycles. The summed E-state index contributed by atoms with van der Waals surface area (Å²) >= 11 is 4.20. The number of hydrogen-bond acceptors (Lipinski definition) is 2. The highest BCUT2D eigenvalue weighted by Crippen LogP contribution is 2.22. The number of ether oxygens (including phenoxy) is 1. The van der Waals surface area contributed by atoms with E-state index >= 15 is 0 Å². The molecule has 0 bridgehead atoms. The zero-order valence-corrected chi connectivity index (χ0v) is 7.97. The van der Waals surface area contributed by atoms with Crippen LogP contribution in [0.4, 0.5) is 8.78 Å². The summed E-state index contributed by atoms with van der Waals surface area (Å²) in [6, 6.07) is 6.45. The zero-order valence-electron chi connectivity index (χ0n) is 7.08. The van der Waals surface area contributed by atoms with Crippen LogP contribution in [0.25, 0.3) is 0 Å². The Balaban J connectivity index is 2.70. The second-order valence-electron chi connectivity index (χ2n) is 2.62. The van der Waals surface area contributed by atoms with Crippen LogP contribution in [-0.2, 0) is 0 Å². The molecule has 0 aromatic heterocycles. The summed E-state index contributed by atoms with van der Waals surface area (Å²) in [7, 11) is 0. The van der Waals surface area contributed by atoms with Gasteiger partial charge < -0.3 is 4.74 Å². The van der Waals surface area contributed by atoms with Gasteiger partial charge in [-0.15, -0.1) is 0 Å². The highest BCUT2D eigenvalue weighted by atomic mass is 32.1. The first-order valence-electron chi connectivity index (χ1n) is 3.82. The van der Waals surface area contributed by atoms with Gasteiger partial charge in [-0.3, -0.25) is 0 Å². The lowest BCUT2D eigenvalue weighted by atomic mass is 10.2. The minimum atomic E-state index is -2.76. The third kappa shape index (κ3) is 3.22. The lowest BCUT2D eigenvalue weighted by Gasteiger charge is -2.07. The van der Waals surface area contributed by atoms with E-state index in [0.717, 1.165) is 5.56 Å². The van der Waals surface area contributed by atoms with Crippen molar-refractivity contribution < 1.29 is 13.5 Å². The number of rotatable bonds is 3. The Hall–Kier alpha value is -0.770. The molecule has 1 unspecified atom stereocenters. The van der Waals surface area contributed by atoms with Crippen LogP contribution < -0.4 is 4.74 Å². The third-order valence-corrected chi connectivity index (χ3v) is 1.89. The molecule has 1 rings (SSSR count). The van der Waals surface area contributed by atoms with Crippen molar-refractivity contribution in [2.75, 3.05) is 0 Å². The molecule has 1 atom stereocenters. The molecule has 0 aliphatic rings. The minimum Gasteiger partial charge on any atom is -0.435 e. The van der Waals surface area contributed by atoms with Gasteiger partial charge in [-0.05, 0) is 24.6 Å². The molecule has 1 nitrogen and oxygen atoms in total. The summed E-state index contributed by atoms with van der Waals surface area (Å²) in [5.41, 5.74) is 0.977. The number of thiol groups is 1. The SMILES string of the molecule is CC(S)c1ccc(OC(F)F)cc1. The average molecular weight is 204 g/mol. The van der Waals surface area contributed by atoms with E-state index in [9.17, 15) is 8.78 Å². The molecular formula is C9H10F2OS. The van der Waals surface area contributed by atoms with Crippen molar-refractivity contribution in [3.63, 3.8) is 0 Å². The normalized spacial score (nSPS) is 13.0. The van der Waals surface area contributed by atoms with Gasteiger partial charge in [0.2, 0.25) is 0 Å². The van der Waals surface area contributed by atoms with Gasteiger partial charge in [0.15, 0.2) is 0 Å². The van der Waals surface area contributed by atoms with E-state index in [2.05, 4.69) is 17.4 Å². The van der Waals surface area contributed by atoms with Crippen LogP contribution in [0, 0.1) is 0 Å². The lowest BCUT2D eigenvalue weighted by molar-refractivity contribution is -0.0498. The number of hydrogen-bond donors (Lipinski definition) is 1. The minimum absolute atomic E-state index is 0.0978. The van der Waals surface area contributed by atoms with Gasteiger partial charge >= 0.3 is 6.61 Å². The van der Waals surface area contributed by atoms with Crippen LogP contribution in [0.5, 0.6) is 5.75 Å².